The highest BCUT2D eigenvalue weighted by Gasteiger charge is 2.19. The lowest BCUT2D eigenvalue weighted by molar-refractivity contribution is -0.116. The van der Waals surface area contributed by atoms with Gasteiger partial charge >= 0.3 is 5.69 Å². The van der Waals surface area contributed by atoms with Crippen LogP contribution in [-0.2, 0) is 11.3 Å². The number of hydrogen-bond donors (Lipinski definition) is 3. The minimum atomic E-state index is -0.585. The van der Waals surface area contributed by atoms with E-state index < -0.39 is 17.2 Å². The molecule has 1 aromatic rings. The molecule has 0 radical (unpaired) electrons. The molecule has 5 N–H and O–H groups in total. The molecule has 0 atom stereocenters. The number of nitrogens with two attached hydrogens (primary N) is 2. The summed E-state index contributed by atoms with van der Waals surface area (Å²) >= 11 is 0. The van der Waals surface area contributed by atoms with Gasteiger partial charge in [0, 0.05) is 13.1 Å². The maximum absolute atomic E-state index is 12.2. The molecule has 23 heavy (non-hydrogen) atoms. The van der Waals surface area contributed by atoms with Crippen LogP contribution in [0.4, 0.5) is 11.5 Å². The van der Waals surface area contributed by atoms with E-state index in [0.29, 0.717) is 13.1 Å². The van der Waals surface area contributed by atoms with Crippen LogP contribution in [0.25, 0.3) is 0 Å². The molecule has 0 saturated heterocycles. The highest BCUT2D eigenvalue weighted by atomic mass is 16.2. The smallest absolute Gasteiger partial charge is 0.330 e. The molecular formula is C15H27N5O3. The van der Waals surface area contributed by atoms with Gasteiger partial charge in [-0.25, -0.2) is 4.79 Å². The first kappa shape index (κ1) is 18.8. The number of rotatable bonds is 10. The summed E-state index contributed by atoms with van der Waals surface area (Å²) in [4.78, 5) is 39.3. The van der Waals surface area contributed by atoms with E-state index in [0.717, 1.165) is 32.1 Å². The van der Waals surface area contributed by atoms with Crippen LogP contribution in [-0.4, -0.2) is 28.5 Å². The Balaban J connectivity index is 3.25. The van der Waals surface area contributed by atoms with E-state index in [-0.39, 0.29) is 18.1 Å². The van der Waals surface area contributed by atoms with E-state index in [1.807, 2.05) is 6.92 Å². The summed E-state index contributed by atoms with van der Waals surface area (Å²) < 4.78 is 1.34. The minimum Gasteiger partial charge on any atom is -0.383 e. The first-order chi connectivity index (χ1) is 10.9. The molecule has 1 heterocycles. The number of nitrogens with zero attached hydrogens (tertiary/aromatic N) is 2. The predicted molar refractivity (Wildman–Crippen MR) is 91.6 cm³/mol. The van der Waals surface area contributed by atoms with Gasteiger partial charge in [0.2, 0.25) is 5.91 Å². The number of unbranched alkanes of at least 4 members (excludes halogenated alkanes) is 3. The van der Waals surface area contributed by atoms with Crippen LogP contribution < -0.4 is 27.6 Å². The van der Waals surface area contributed by atoms with Gasteiger partial charge in [-0.05, 0) is 12.8 Å². The van der Waals surface area contributed by atoms with Crippen molar-refractivity contribution in [2.75, 3.05) is 23.7 Å². The largest absolute Gasteiger partial charge is 0.383 e. The zero-order chi connectivity index (χ0) is 17.4. The van der Waals surface area contributed by atoms with Crippen molar-refractivity contribution >= 4 is 17.4 Å². The minimum absolute atomic E-state index is 0.0879. The Bertz CT molecular complexity index is 635. The molecule has 0 bridgehead atoms. The number of nitrogens with one attached hydrogen (secondary N) is 1. The van der Waals surface area contributed by atoms with Crippen molar-refractivity contribution < 1.29 is 4.79 Å². The lowest BCUT2D eigenvalue weighted by atomic mass is 10.2. The van der Waals surface area contributed by atoms with E-state index in [4.69, 9.17) is 11.5 Å². The zero-order valence-electron chi connectivity index (χ0n) is 13.9. The van der Waals surface area contributed by atoms with Crippen molar-refractivity contribution in [1.29, 1.82) is 0 Å². The predicted octanol–water partition coefficient (Wildman–Crippen LogP) is 0.401. The zero-order valence-corrected chi connectivity index (χ0v) is 13.9. The summed E-state index contributed by atoms with van der Waals surface area (Å²) in [6.07, 6.45) is 4.43. The number of carbonyl (C=O) groups is 1. The fraction of sp³-hybridized carbons (Fsp3) is 0.667. The van der Waals surface area contributed by atoms with Gasteiger partial charge in [-0.15, -0.1) is 0 Å². The van der Waals surface area contributed by atoms with E-state index in [1.165, 1.54) is 4.57 Å². The first-order valence-electron chi connectivity index (χ1n) is 8.08. The van der Waals surface area contributed by atoms with Crippen molar-refractivity contribution in [3.63, 3.8) is 0 Å². The summed E-state index contributed by atoms with van der Waals surface area (Å²) in [5, 5.41) is 0. The third kappa shape index (κ3) is 5.15. The van der Waals surface area contributed by atoms with Crippen molar-refractivity contribution in [2.45, 2.75) is 52.5 Å². The Kier molecular flexibility index (Phi) is 7.37. The number of aromatic nitrogens is 2. The van der Waals surface area contributed by atoms with Gasteiger partial charge in [0.25, 0.3) is 5.56 Å². The molecule has 0 aliphatic rings. The van der Waals surface area contributed by atoms with Gasteiger partial charge < -0.3 is 16.4 Å². The number of carbonyl (C=O) groups excluding carboxylic acids is 1. The standard InChI is InChI=1S/C15H27N5O3/c1-3-5-7-8-19(10-11(16)21)12-13(17)20(9-6-4-2)15(23)18-14(12)22/h3-10,17H2,1-2H3,(H2,16,21)(H,18,22,23). The molecule has 0 spiro atoms. The first-order valence-corrected chi connectivity index (χ1v) is 8.08. The normalized spacial score (nSPS) is 10.7. The van der Waals surface area contributed by atoms with Gasteiger partial charge in [-0.2, -0.15) is 0 Å². The summed E-state index contributed by atoms with van der Waals surface area (Å²) in [6.45, 7) is 4.85. The maximum atomic E-state index is 12.2. The molecule has 0 aromatic carbocycles. The average Bonchev–Trinajstić information content (AvgIpc) is 2.46. The number of anilines is 2. The Morgan fingerprint density at radius 3 is 2.39 bits per heavy atom. The van der Waals surface area contributed by atoms with Crippen LogP contribution >= 0.6 is 0 Å². The quantitative estimate of drug-likeness (QED) is 0.537. The second-order valence-corrected chi connectivity index (χ2v) is 5.59. The molecule has 1 amide bonds. The van der Waals surface area contributed by atoms with Crippen LogP contribution in [0.15, 0.2) is 9.59 Å². The fourth-order valence-electron chi connectivity index (χ4n) is 2.43. The Hall–Kier alpha value is -2.25. The Morgan fingerprint density at radius 1 is 1.17 bits per heavy atom. The van der Waals surface area contributed by atoms with Crippen LogP contribution in [0.2, 0.25) is 0 Å². The molecule has 0 saturated carbocycles. The third-order valence-corrected chi connectivity index (χ3v) is 3.64. The number of nitrogen functional groups attached to an aromatic ring is 1. The second kappa shape index (κ2) is 9.02. The van der Waals surface area contributed by atoms with E-state index in [2.05, 4.69) is 11.9 Å². The topological polar surface area (TPSA) is 127 Å². The van der Waals surface area contributed by atoms with E-state index in [9.17, 15) is 14.4 Å². The molecule has 8 nitrogen and oxygen atoms in total. The molecule has 1 rings (SSSR count). The number of primary amides is 1. The third-order valence-electron chi connectivity index (χ3n) is 3.64. The van der Waals surface area contributed by atoms with Gasteiger partial charge in [0.15, 0.2) is 0 Å². The summed E-state index contributed by atoms with van der Waals surface area (Å²) in [6, 6.07) is 0. The highest BCUT2D eigenvalue weighted by Crippen LogP contribution is 2.17. The summed E-state index contributed by atoms with van der Waals surface area (Å²) in [5.74, 6) is -0.462. The van der Waals surface area contributed by atoms with Gasteiger partial charge in [-0.3, -0.25) is 19.1 Å². The van der Waals surface area contributed by atoms with Crippen molar-refractivity contribution in [2.24, 2.45) is 5.73 Å². The maximum Gasteiger partial charge on any atom is 0.330 e. The van der Waals surface area contributed by atoms with Crippen LogP contribution in [0, 0.1) is 0 Å². The van der Waals surface area contributed by atoms with E-state index >= 15 is 0 Å². The SMILES string of the molecule is CCCCCN(CC(N)=O)c1c(N)n(CCCC)c(=O)[nH]c1=O. The van der Waals surface area contributed by atoms with Crippen LogP contribution in [0.3, 0.4) is 0 Å². The number of amides is 1. The molecular weight excluding hydrogens is 298 g/mol. The molecule has 1 aromatic heterocycles. The number of H-pyrrole nitrogens is 1. The van der Waals surface area contributed by atoms with E-state index in [1.54, 1.807) is 4.90 Å². The van der Waals surface area contributed by atoms with Gasteiger partial charge in [-0.1, -0.05) is 33.1 Å². The lowest BCUT2D eigenvalue weighted by Gasteiger charge is -2.25. The molecule has 0 aliphatic heterocycles. The average molecular weight is 325 g/mol. The summed E-state index contributed by atoms with van der Waals surface area (Å²) in [5.41, 5.74) is 10.4. The molecule has 0 unspecified atom stereocenters. The Morgan fingerprint density at radius 2 is 1.83 bits per heavy atom. The van der Waals surface area contributed by atoms with Crippen molar-refractivity contribution in [3.05, 3.63) is 20.8 Å². The summed E-state index contributed by atoms with van der Waals surface area (Å²) in [7, 11) is 0. The fourth-order valence-corrected chi connectivity index (χ4v) is 2.43. The van der Waals surface area contributed by atoms with Gasteiger partial charge in [0.05, 0.1) is 6.54 Å². The lowest BCUT2D eigenvalue weighted by Crippen LogP contribution is -2.42. The second-order valence-electron chi connectivity index (χ2n) is 5.59. The highest BCUT2D eigenvalue weighted by molar-refractivity contribution is 5.80. The molecule has 130 valence electrons. The van der Waals surface area contributed by atoms with Gasteiger partial charge in [0.1, 0.15) is 11.5 Å². The molecule has 0 aliphatic carbocycles. The van der Waals surface area contributed by atoms with Crippen LogP contribution in [0.5, 0.6) is 0 Å². The van der Waals surface area contributed by atoms with Crippen LogP contribution in [0.1, 0.15) is 46.0 Å². The Labute approximate surface area is 135 Å². The van der Waals surface area contributed by atoms with Crippen molar-refractivity contribution in [3.8, 4) is 0 Å². The molecule has 0 fully saturated rings. The molecule has 8 heteroatoms. The monoisotopic (exact) mass is 325 g/mol. The van der Waals surface area contributed by atoms with Crippen molar-refractivity contribution in [1.82, 2.24) is 9.55 Å². The number of aromatic amines is 1. The number of hydrogen-bond acceptors (Lipinski definition) is 5.